The van der Waals surface area contributed by atoms with Crippen LogP contribution in [0.4, 0.5) is 5.69 Å². The quantitative estimate of drug-likeness (QED) is 0.921. The van der Waals surface area contributed by atoms with Crippen LogP contribution in [-0.4, -0.2) is 12.6 Å². The van der Waals surface area contributed by atoms with Crippen LogP contribution in [0.2, 0.25) is 0 Å². The van der Waals surface area contributed by atoms with Gasteiger partial charge in [-0.3, -0.25) is 0 Å². The van der Waals surface area contributed by atoms with E-state index in [4.69, 9.17) is 5.73 Å². The minimum Gasteiger partial charge on any atom is -0.367 e. The zero-order valence-corrected chi connectivity index (χ0v) is 12.0. The van der Waals surface area contributed by atoms with Crippen LogP contribution >= 0.6 is 0 Å². The molecule has 2 nitrogen and oxygen atoms in total. The fraction of sp³-hybridized carbons (Fsp3) is 0.333. The van der Waals surface area contributed by atoms with E-state index < -0.39 is 0 Å². The van der Waals surface area contributed by atoms with Crippen molar-refractivity contribution in [1.29, 1.82) is 0 Å². The second-order valence-corrected chi connectivity index (χ2v) is 5.80. The number of benzene rings is 2. The number of nitrogens with zero attached hydrogens (tertiary/aromatic N) is 1. The molecule has 1 aliphatic rings. The molecule has 0 fully saturated rings. The van der Waals surface area contributed by atoms with E-state index in [0.717, 1.165) is 25.9 Å². The lowest BCUT2D eigenvalue weighted by atomic mass is 10.0. The second kappa shape index (κ2) is 5.68. The summed E-state index contributed by atoms with van der Waals surface area (Å²) < 4.78 is 0. The van der Waals surface area contributed by atoms with Crippen molar-refractivity contribution in [2.45, 2.75) is 32.4 Å². The van der Waals surface area contributed by atoms with Crippen LogP contribution in [0.3, 0.4) is 0 Å². The van der Waals surface area contributed by atoms with E-state index in [1.807, 2.05) is 0 Å². The molecule has 0 bridgehead atoms. The Hall–Kier alpha value is -1.80. The molecule has 2 aromatic rings. The van der Waals surface area contributed by atoms with Crippen molar-refractivity contribution >= 4 is 5.69 Å². The Morgan fingerprint density at radius 1 is 1.10 bits per heavy atom. The average Bonchev–Trinajstić information content (AvgIpc) is 2.82. The van der Waals surface area contributed by atoms with Crippen LogP contribution in [0.25, 0.3) is 0 Å². The van der Waals surface area contributed by atoms with Crippen molar-refractivity contribution in [3.63, 3.8) is 0 Å². The zero-order valence-electron chi connectivity index (χ0n) is 12.0. The normalized spacial score (nSPS) is 15.2. The summed E-state index contributed by atoms with van der Waals surface area (Å²) in [4.78, 5) is 2.47. The second-order valence-electron chi connectivity index (χ2n) is 5.80. The highest BCUT2D eigenvalue weighted by atomic mass is 15.1. The molecule has 0 aromatic heterocycles. The highest BCUT2D eigenvalue weighted by Gasteiger charge is 2.19. The summed E-state index contributed by atoms with van der Waals surface area (Å²) in [6.07, 6.45) is 2.11. The van der Waals surface area contributed by atoms with Crippen LogP contribution in [0.15, 0.2) is 48.5 Å². The van der Waals surface area contributed by atoms with Gasteiger partial charge in [0.15, 0.2) is 0 Å². The minimum absolute atomic E-state index is 0.231. The summed E-state index contributed by atoms with van der Waals surface area (Å²) >= 11 is 0. The third kappa shape index (κ3) is 2.86. The van der Waals surface area contributed by atoms with E-state index in [2.05, 4.69) is 60.4 Å². The third-order valence-corrected chi connectivity index (χ3v) is 3.91. The van der Waals surface area contributed by atoms with Gasteiger partial charge >= 0.3 is 0 Å². The summed E-state index contributed by atoms with van der Waals surface area (Å²) in [7, 11) is 0. The summed E-state index contributed by atoms with van der Waals surface area (Å²) in [5.74, 6) is 0. The van der Waals surface area contributed by atoms with Crippen LogP contribution in [-0.2, 0) is 19.4 Å². The lowest BCUT2D eigenvalue weighted by Gasteiger charge is -2.20. The molecule has 0 spiro atoms. The van der Waals surface area contributed by atoms with E-state index in [1.54, 1.807) is 0 Å². The Morgan fingerprint density at radius 3 is 2.65 bits per heavy atom. The van der Waals surface area contributed by atoms with Crippen molar-refractivity contribution in [3.8, 4) is 0 Å². The summed E-state index contributed by atoms with van der Waals surface area (Å²) in [6, 6.07) is 17.7. The van der Waals surface area contributed by atoms with Crippen molar-refractivity contribution in [2.24, 2.45) is 5.73 Å². The Balaban J connectivity index is 1.77. The molecule has 0 radical (unpaired) electrons. The van der Waals surface area contributed by atoms with Gasteiger partial charge in [-0.25, -0.2) is 0 Å². The topological polar surface area (TPSA) is 29.3 Å². The number of nitrogens with two attached hydrogens (primary N) is 1. The van der Waals surface area contributed by atoms with Crippen molar-refractivity contribution in [1.82, 2.24) is 0 Å². The molecule has 1 unspecified atom stereocenters. The Morgan fingerprint density at radius 2 is 1.90 bits per heavy atom. The molecule has 0 saturated heterocycles. The summed E-state index contributed by atoms with van der Waals surface area (Å²) in [5, 5.41) is 0. The van der Waals surface area contributed by atoms with E-state index in [9.17, 15) is 0 Å². The number of rotatable bonds is 4. The molecule has 2 N–H and O–H groups in total. The molecule has 3 rings (SSSR count). The Labute approximate surface area is 121 Å². The van der Waals surface area contributed by atoms with Gasteiger partial charge in [-0.05, 0) is 42.5 Å². The predicted octanol–water partition coefficient (Wildman–Crippen LogP) is 3.14. The molecule has 104 valence electrons. The first-order valence-corrected chi connectivity index (χ1v) is 7.38. The number of hydrogen-bond acceptors (Lipinski definition) is 2. The van der Waals surface area contributed by atoms with Gasteiger partial charge in [0.25, 0.3) is 0 Å². The fourth-order valence-electron chi connectivity index (χ4n) is 2.99. The lowest BCUT2D eigenvalue weighted by Crippen LogP contribution is -2.19. The van der Waals surface area contributed by atoms with Gasteiger partial charge in [0.1, 0.15) is 0 Å². The molecule has 0 amide bonds. The number of hydrogen-bond donors (Lipinski definition) is 1. The van der Waals surface area contributed by atoms with Crippen molar-refractivity contribution in [3.05, 3.63) is 65.2 Å². The number of anilines is 1. The summed E-state index contributed by atoms with van der Waals surface area (Å²) in [5.41, 5.74) is 11.5. The molecule has 1 aliphatic heterocycles. The van der Waals surface area contributed by atoms with Gasteiger partial charge < -0.3 is 10.6 Å². The van der Waals surface area contributed by atoms with Crippen LogP contribution in [0.1, 0.15) is 23.6 Å². The molecular formula is C18H22N2. The standard InChI is InChI=1S/C18H22N2/c1-14(19)11-16-7-8-18-17(12-16)9-10-20(18)13-15-5-3-2-4-6-15/h2-8,12,14H,9-11,13,19H2,1H3. The molecule has 2 heteroatoms. The van der Waals surface area contributed by atoms with Crippen molar-refractivity contribution in [2.75, 3.05) is 11.4 Å². The van der Waals surface area contributed by atoms with E-state index in [-0.39, 0.29) is 6.04 Å². The van der Waals surface area contributed by atoms with Crippen molar-refractivity contribution < 1.29 is 0 Å². The molecule has 1 heterocycles. The van der Waals surface area contributed by atoms with Gasteiger partial charge in [0.2, 0.25) is 0 Å². The third-order valence-electron chi connectivity index (χ3n) is 3.91. The predicted molar refractivity (Wildman–Crippen MR) is 85.0 cm³/mol. The highest BCUT2D eigenvalue weighted by Crippen LogP contribution is 2.30. The van der Waals surface area contributed by atoms with Crippen LogP contribution < -0.4 is 10.6 Å². The molecule has 20 heavy (non-hydrogen) atoms. The largest absolute Gasteiger partial charge is 0.367 e. The maximum Gasteiger partial charge on any atom is 0.0429 e. The van der Waals surface area contributed by atoms with Gasteiger partial charge in [-0.15, -0.1) is 0 Å². The van der Waals surface area contributed by atoms with Gasteiger partial charge in [-0.2, -0.15) is 0 Å². The van der Waals surface area contributed by atoms with Gasteiger partial charge in [0, 0.05) is 24.8 Å². The first-order valence-electron chi connectivity index (χ1n) is 7.38. The first-order chi connectivity index (χ1) is 9.72. The minimum atomic E-state index is 0.231. The van der Waals surface area contributed by atoms with Crippen LogP contribution in [0.5, 0.6) is 0 Å². The zero-order chi connectivity index (χ0) is 13.9. The Kier molecular flexibility index (Phi) is 3.75. The lowest BCUT2D eigenvalue weighted by molar-refractivity contribution is 0.737. The molecule has 0 aliphatic carbocycles. The Bertz CT molecular complexity index is 575. The maximum absolute atomic E-state index is 5.89. The SMILES string of the molecule is CC(N)Cc1ccc2c(c1)CCN2Cc1ccccc1. The monoisotopic (exact) mass is 266 g/mol. The van der Waals surface area contributed by atoms with E-state index >= 15 is 0 Å². The molecular weight excluding hydrogens is 244 g/mol. The highest BCUT2D eigenvalue weighted by molar-refractivity contribution is 5.59. The fourth-order valence-corrected chi connectivity index (χ4v) is 2.99. The molecule has 0 saturated carbocycles. The van der Waals surface area contributed by atoms with Gasteiger partial charge in [0.05, 0.1) is 0 Å². The average molecular weight is 266 g/mol. The van der Waals surface area contributed by atoms with Gasteiger partial charge in [-0.1, -0.05) is 42.5 Å². The number of fused-ring (bicyclic) bond motifs is 1. The van der Waals surface area contributed by atoms with E-state index in [0.29, 0.717) is 0 Å². The van der Waals surface area contributed by atoms with E-state index in [1.165, 1.54) is 22.4 Å². The maximum atomic E-state index is 5.89. The molecule has 2 aromatic carbocycles. The summed E-state index contributed by atoms with van der Waals surface area (Å²) in [6.45, 7) is 4.18. The first kappa shape index (κ1) is 13.2. The smallest absolute Gasteiger partial charge is 0.0429 e. The van der Waals surface area contributed by atoms with Crippen LogP contribution in [0, 0.1) is 0 Å². The molecule has 1 atom stereocenters.